The summed E-state index contributed by atoms with van der Waals surface area (Å²) in [6.45, 7) is 73.1. The second kappa shape index (κ2) is 41.2. The maximum atomic E-state index is 15.4. The van der Waals surface area contributed by atoms with Crippen molar-refractivity contribution in [2.24, 2.45) is 93.2 Å². The van der Waals surface area contributed by atoms with E-state index in [4.69, 9.17) is 0 Å². The molecule has 2 atom stereocenters. The van der Waals surface area contributed by atoms with E-state index >= 15 is 8.78 Å². The topological polar surface area (TPSA) is 0 Å². The zero-order valence-electron chi connectivity index (χ0n) is 64.6. The van der Waals surface area contributed by atoms with Crippen molar-refractivity contribution in [3.63, 3.8) is 0 Å². The van der Waals surface area contributed by atoms with Crippen LogP contribution in [-0.2, 0) is 0 Å². The Morgan fingerprint density at radius 2 is 0.518 bits per heavy atom. The maximum Gasteiger partial charge on any atom is 0.118 e. The molecule has 0 amide bonds. The molecule has 0 aromatic heterocycles. The number of hydrogen-bond donors (Lipinski definition) is 0. The largest absolute Gasteiger partial charge is 0.244 e. The molecule has 7 heteroatoms. The molecule has 2 saturated carbocycles. The van der Waals surface area contributed by atoms with Crippen LogP contribution < -0.4 is 0 Å². The van der Waals surface area contributed by atoms with Crippen molar-refractivity contribution in [1.82, 2.24) is 0 Å². The zero-order valence-corrected chi connectivity index (χ0v) is 64.6. The van der Waals surface area contributed by atoms with Crippen LogP contribution in [0.25, 0.3) is 0 Å². The van der Waals surface area contributed by atoms with Crippen molar-refractivity contribution in [2.45, 2.75) is 411 Å². The van der Waals surface area contributed by atoms with Crippen LogP contribution in [0.15, 0.2) is 0 Å². The average molecular weight is 1230 g/mol. The Morgan fingerprint density at radius 1 is 0.306 bits per heavy atom. The van der Waals surface area contributed by atoms with Crippen LogP contribution >= 0.6 is 0 Å². The Morgan fingerprint density at radius 3 is 0.647 bits per heavy atom. The highest BCUT2D eigenvalue weighted by Gasteiger charge is 2.53. The van der Waals surface area contributed by atoms with Crippen molar-refractivity contribution in [2.75, 3.05) is 0 Å². The quantitative estimate of drug-likeness (QED) is 0.0757. The molecule has 0 spiro atoms. The molecule has 2 rings (SSSR count). The van der Waals surface area contributed by atoms with E-state index in [0.29, 0.717) is 35.5 Å². The van der Waals surface area contributed by atoms with Crippen molar-refractivity contribution >= 4 is 0 Å². The molecular weight excluding hydrogens is 1070 g/mol. The van der Waals surface area contributed by atoms with Gasteiger partial charge in [0, 0.05) is 16.2 Å². The lowest BCUT2D eigenvalue weighted by molar-refractivity contribution is -0.0946. The fraction of sp³-hybridized carbons (Fsp3) is 1.00. The molecule has 0 aromatic carbocycles. The summed E-state index contributed by atoms with van der Waals surface area (Å²) in [5.74, 6) is 3.50. The first-order valence-corrected chi connectivity index (χ1v) is 36.1. The minimum absolute atomic E-state index is 0.0994. The molecular formula is C78H159F7. The lowest BCUT2D eigenvalue weighted by Gasteiger charge is -2.51. The molecule has 0 saturated heterocycles. The fourth-order valence-electron chi connectivity index (χ4n) is 15.9. The van der Waals surface area contributed by atoms with Crippen molar-refractivity contribution < 1.29 is 30.7 Å². The number of hydrogen-bond acceptors (Lipinski definition) is 0. The first-order chi connectivity index (χ1) is 38.2. The van der Waals surface area contributed by atoms with E-state index in [1.807, 2.05) is 48.5 Å². The van der Waals surface area contributed by atoms with Crippen molar-refractivity contribution in [3.8, 4) is 0 Å². The highest BCUT2D eigenvalue weighted by atomic mass is 19.2. The molecule has 0 unspecified atom stereocenters. The van der Waals surface area contributed by atoms with Gasteiger partial charge < -0.3 is 0 Å². The molecule has 0 N–H and O–H groups in total. The van der Waals surface area contributed by atoms with E-state index in [9.17, 15) is 22.0 Å². The lowest BCUT2D eigenvalue weighted by Crippen LogP contribution is -2.51. The third-order valence-electron chi connectivity index (χ3n) is 23.7. The molecule has 2 fully saturated rings. The smallest absolute Gasteiger partial charge is 0.118 e. The predicted octanol–water partition coefficient (Wildman–Crippen LogP) is 29.0. The van der Waals surface area contributed by atoms with E-state index in [1.165, 1.54) is 6.42 Å². The molecule has 520 valence electrons. The number of halogens is 7. The molecule has 2 aliphatic carbocycles. The standard InChI is InChI=1S/C16H33F.C14H29F.2C12H25F.C11H23F.C7H13F.C6H11F/c1-10(2)14(11(3)4)16(9,17)15(12(5)6)13(7)8;1-8-12(5,9-2)14(7,15)13(6,10-3)11-4;1-8(2)11(9(3)4)12(7,13)10(5)6;1-6-10(7-2)12(5,13)11(8-3)9-4;1-7-10(5,8-2)11(6,12)9(3)4;1-7(8)5-3-2-4-6-7;1-6(7)4-2-3-5-6/h10-15H,1-9H3;8-11H2,1-7H3;8-11H,1-7H3;10-11H,6-9H2,1-5H3;9H,7-8H2,1-6H3;2-6H2,1H3;2-5H2,1H3/t;;12-;;11-;;/m..0.0../s1. The van der Waals surface area contributed by atoms with Gasteiger partial charge in [0.2, 0.25) is 0 Å². The predicted molar refractivity (Wildman–Crippen MR) is 372 cm³/mol. The van der Waals surface area contributed by atoms with Gasteiger partial charge in [0.15, 0.2) is 0 Å². The van der Waals surface area contributed by atoms with E-state index < -0.39 is 39.7 Å². The van der Waals surface area contributed by atoms with Gasteiger partial charge in [-0.05, 0) is 190 Å². The summed E-state index contributed by atoms with van der Waals surface area (Å²) in [6, 6.07) is 0. The first kappa shape index (κ1) is 93.2. The molecule has 85 heavy (non-hydrogen) atoms. The Bertz CT molecular complexity index is 1490. The van der Waals surface area contributed by atoms with Crippen LogP contribution in [0.3, 0.4) is 0 Å². The highest BCUT2D eigenvalue weighted by molar-refractivity contribution is 5.03. The van der Waals surface area contributed by atoms with E-state index in [0.717, 1.165) is 116 Å². The number of rotatable bonds is 26. The van der Waals surface area contributed by atoms with Crippen molar-refractivity contribution in [1.29, 1.82) is 0 Å². The fourth-order valence-corrected chi connectivity index (χ4v) is 15.9. The zero-order chi connectivity index (χ0) is 68.9. The lowest BCUT2D eigenvalue weighted by atomic mass is 9.57. The van der Waals surface area contributed by atoms with Crippen LogP contribution in [0.4, 0.5) is 30.7 Å². The van der Waals surface area contributed by atoms with Crippen molar-refractivity contribution in [3.05, 3.63) is 0 Å². The molecule has 0 aromatic rings. The summed E-state index contributed by atoms with van der Waals surface area (Å²) in [4.78, 5) is 0. The molecule has 0 nitrogen and oxygen atoms in total. The van der Waals surface area contributed by atoms with Crippen LogP contribution in [-0.4, -0.2) is 39.7 Å². The first-order valence-electron chi connectivity index (χ1n) is 36.1. The summed E-state index contributed by atoms with van der Waals surface area (Å²) in [5.41, 5.74) is -7.41. The van der Waals surface area contributed by atoms with E-state index in [2.05, 4.69) is 166 Å². The van der Waals surface area contributed by atoms with Gasteiger partial charge >= 0.3 is 0 Å². The molecule has 0 radical (unpaired) electrons. The van der Waals surface area contributed by atoms with Gasteiger partial charge in [-0.1, -0.05) is 259 Å². The van der Waals surface area contributed by atoms with Gasteiger partial charge in [-0.25, -0.2) is 30.7 Å². The maximum absolute atomic E-state index is 15.4. The number of alkyl halides is 7. The Hall–Kier alpha value is -0.490. The summed E-state index contributed by atoms with van der Waals surface area (Å²) in [6.07, 6.45) is 18.0. The van der Waals surface area contributed by atoms with Gasteiger partial charge in [-0.3, -0.25) is 0 Å². The summed E-state index contributed by atoms with van der Waals surface area (Å²) < 4.78 is 99.2. The van der Waals surface area contributed by atoms with Crippen LogP contribution in [0, 0.1) is 93.2 Å². The summed E-state index contributed by atoms with van der Waals surface area (Å²) in [7, 11) is 0. The van der Waals surface area contributed by atoms with Gasteiger partial charge in [0.25, 0.3) is 0 Å². The Balaban J connectivity index is -0.000000297. The van der Waals surface area contributed by atoms with Gasteiger partial charge in [0.1, 0.15) is 39.7 Å². The monoisotopic (exact) mass is 1230 g/mol. The second-order valence-electron chi connectivity index (χ2n) is 32.3. The minimum Gasteiger partial charge on any atom is -0.244 e. The SMILES string of the molecule is CC(C)C(C(C)C)C(C)(F)C(C(C)C)C(C)C.CC(C)C(C(C)C)[C@@](C)(F)C(C)C.CC1(F)CCCC1.CC1(F)CCCCC1.CCC(C)(CC)C(C)(F)C(C)(CC)CC.CCC(C)(CC)[C@@](C)(F)C(C)C.CCC(CC)C(C)(F)C(CC)CC. The van der Waals surface area contributed by atoms with Gasteiger partial charge in [-0.2, -0.15) is 0 Å². The third-order valence-corrected chi connectivity index (χ3v) is 23.7. The van der Waals surface area contributed by atoms with E-state index in [-0.39, 0.29) is 57.7 Å². The highest BCUT2D eigenvalue weighted by Crippen LogP contribution is 2.54. The molecule has 0 heterocycles. The van der Waals surface area contributed by atoms with Gasteiger partial charge in [-0.15, -0.1) is 0 Å². The van der Waals surface area contributed by atoms with Crippen LogP contribution in [0.5, 0.6) is 0 Å². The third kappa shape index (κ3) is 29.3. The van der Waals surface area contributed by atoms with Crippen LogP contribution in [0.1, 0.15) is 371 Å². The summed E-state index contributed by atoms with van der Waals surface area (Å²) in [5, 5.41) is 0. The minimum atomic E-state index is -1.09. The van der Waals surface area contributed by atoms with Gasteiger partial charge in [0.05, 0.1) is 0 Å². The average Bonchev–Trinajstić information content (AvgIpc) is 3.90. The Kier molecular flexibility index (Phi) is 45.2. The van der Waals surface area contributed by atoms with E-state index in [1.54, 1.807) is 34.6 Å². The molecule has 0 bridgehead atoms. The Labute approximate surface area is 532 Å². The summed E-state index contributed by atoms with van der Waals surface area (Å²) >= 11 is 0. The normalized spacial score (nSPS) is 17.5. The van der Waals surface area contributed by atoms with Crippen LogP contribution in [0.2, 0.25) is 0 Å². The molecule has 0 aliphatic heterocycles. The molecule has 2 aliphatic rings. The second-order valence-corrected chi connectivity index (χ2v) is 32.3.